The van der Waals surface area contributed by atoms with Crippen molar-refractivity contribution in [3.63, 3.8) is 0 Å². The third kappa shape index (κ3) is 4.22. The summed E-state index contributed by atoms with van der Waals surface area (Å²) >= 11 is 0. The normalized spacial score (nSPS) is 11.4. The first-order valence-electron chi connectivity index (χ1n) is 7.71. The molecule has 1 aromatic carbocycles. The molecule has 27 heavy (non-hydrogen) atoms. The number of carbonyl (C=O) groups excluding carboxylic acids is 1. The van der Waals surface area contributed by atoms with Gasteiger partial charge < -0.3 is 14.4 Å². The van der Waals surface area contributed by atoms with E-state index in [-0.39, 0.29) is 11.6 Å². The molecule has 0 radical (unpaired) electrons. The Hall–Kier alpha value is -3.43. The Bertz CT molecular complexity index is 1040. The molecule has 0 atom stereocenters. The fraction of sp³-hybridized carbons (Fsp3) is 0.176. The molecule has 1 N–H and O–H groups in total. The first-order chi connectivity index (χ1) is 12.7. The van der Waals surface area contributed by atoms with Crippen LogP contribution in [0.25, 0.3) is 11.5 Å². The van der Waals surface area contributed by atoms with Crippen molar-refractivity contribution in [2.24, 2.45) is 0 Å². The van der Waals surface area contributed by atoms with Crippen molar-refractivity contribution in [3.8, 4) is 11.5 Å². The molecule has 1 amide bonds. The molecule has 7 nitrogen and oxygen atoms in total. The zero-order valence-corrected chi connectivity index (χ0v) is 13.9. The summed E-state index contributed by atoms with van der Waals surface area (Å²) in [5.74, 6) is -0.235. The van der Waals surface area contributed by atoms with Crippen LogP contribution in [0, 0.1) is 6.92 Å². The Morgan fingerprint density at radius 2 is 1.96 bits per heavy atom. The van der Waals surface area contributed by atoms with Crippen LogP contribution in [-0.4, -0.2) is 20.6 Å². The minimum atomic E-state index is -4.61. The Morgan fingerprint density at radius 1 is 1.22 bits per heavy atom. The average molecular weight is 378 g/mol. The first kappa shape index (κ1) is 18.4. The summed E-state index contributed by atoms with van der Waals surface area (Å²) in [6.45, 7) is 1.14. The van der Waals surface area contributed by atoms with Crippen molar-refractivity contribution in [2.45, 2.75) is 19.6 Å². The van der Waals surface area contributed by atoms with Crippen LogP contribution in [-0.2, 0) is 17.5 Å². The molecule has 3 aromatic rings. The van der Waals surface area contributed by atoms with Crippen molar-refractivity contribution >= 4 is 11.6 Å². The largest absolute Gasteiger partial charge is 0.418 e. The van der Waals surface area contributed by atoms with Crippen molar-refractivity contribution in [1.29, 1.82) is 0 Å². The molecule has 0 unspecified atom stereocenters. The van der Waals surface area contributed by atoms with Crippen molar-refractivity contribution in [1.82, 2.24) is 14.7 Å². The van der Waals surface area contributed by atoms with Gasteiger partial charge in [0.15, 0.2) is 5.82 Å². The zero-order valence-electron chi connectivity index (χ0n) is 13.9. The van der Waals surface area contributed by atoms with Crippen LogP contribution < -0.4 is 10.9 Å². The number of anilines is 1. The number of rotatable bonds is 4. The molecule has 0 aliphatic heterocycles. The number of benzene rings is 1. The number of para-hydroxylation sites is 1. The molecule has 0 aliphatic rings. The van der Waals surface area contributed by atoms with Crippen molar-refractivity contribution < 1.29 is 22.5 Å². The number of nitrogens with zero attached hydrogens (tertiary/aromatic N) is 3. The third-order valence-corrected chi connectivity index (χ3v) is 3.58. The minimum Gasteiger partial charge on any atom is -0.334 e. The molecule has 0 aliphatic carbocycles. The van der Waals surface area contributed by atoms with Crippen molar-refractivity contribution in [3.05, 3.63) is 64.3 Å². The third-order valence-electron chi connectivity index (χ3n) is 3.58. The fourth-order valence-electron chi connectivity index (χ4n) is 2.38. The molecule has 2 aromatic heterocycles. The maximum atomic E-state index is 13.0. The SMILES string of the molecule is Cc1noc(-c2ccc(=O)n(CC(=O)Nc3ccccc3C(F)(F)F)c2)n1. The summed E-state index contributed by atoms with van der Waals surface area (Å²) in [5, 5.41) is 5.82. The molecule has 0 bridgehead atoms. The second-order valence-corrected chi connectivity index (χ2v) is 5.62. The van der Waals surface area contributed by atoms with Gasteiger partial charge in [0.2, 0.25) is 5.91 Å². The van der Waals surface area contributed by atoms with Crippen LogP contribution in [0.5, 0.6) is 0 Å². The van der Waals surface area contributed by atoms with Gasteiger partial charge in [0, 0.05) is 12.3 Å². The molecule has 0 fully saturated rings. The highest BCUT2D eigenvalue weighted by Crippen LogP contribution is 2.34. The Morgan fingerprint density at radius 3 is 2.63 bits per heavy atom. The smallest absolute Gasteiger partial charge is 0.334 e. The van der Waals surface area contributed by atoms with Crippen molar-refractivity contribution in [2.75, 3.05) is 5.32 Å². The van der Waals surface area contributed by atoms with Crippen LogP contribution in [0.1, 0.15) is 11.4 Å². The van der Waals surface area contributed by atoms with Gasteiger partial charge in [-0.05, 0) is 25.1 Å². The van der Waals surface area contributed by atoms with E-state index >= 15 is 0 Å². The number of hydrogen-bond acceptors (Lipinski definition) is 5. The Labute approximate surface area is 150 Å². The molecule has 0 spiro atoms. The minimum absolute atomic E-state index is 0.157. The van der Waals surface area contributed by atoms with Crippen LogP contribution in [0.3, 0.4) is 0 Å². The van der Waals surface area contributed by atoms with Crippen LogP contribution in [0.15, 0.2) is 51.9 Å². The summed E-state index contributed by atoms with van der Waals surface area (Å²) in [5.41, 5.74) is -1.46. The maximum Gasteiger partial charge on any atom is 0.418 e. The number of carbonyl (C=O) groups is 1. The van der Waals surface area contributed by atoms with Gasteiger partial charge >= 0.3 is 6.18 Å². The van der Waals surface area contributed by atoms with Crippen LogP contribution >= 0.6 is 0 Å². The van der Waals surface area contributed by atoms with E-state index in [1.54, 1.807) is 6.92 Å². The molecule has 0 saturated carbocycles. The lowest BCUT2D eigenvalue weighted by Crippen LogP contribution is -2.27. The second kappa shape index (κ2) is 7.06. The van der Waals surface area contributed by atoms with Gasteiger partial charge in [-0.2, -0.15) is 18.2 Å². The molecule has 10 heteroatoms. The molecular formula is C17H13F3N4O3. The predicted molar refractivity (Wildman–Crippen MR) is 88.8 cm³/mol. The van der Waals surface area contributed by atoms with Gasteiger partial charge in [0.05, 0.1) is 16.8 Å². The number of nitrogens with one attached hydrogen (secondary N) is 1. The Balaban J connectivity index is 1.82. The van der Waals surface area contributed by atoms with Gasteiger partial charge in [-0.15, -0.1) is 0 Å². The van der Waals surface area contributed by atoms with E-state index in [1.165, 1.54) is 30.5 Å². The highest BCUT2D eigenvalue weighted by atomic mass is 19.4. The lowest BCUT2D eigenvalue weighted by molar-refractivity contribution is -0.137. The zero-order chi connectivity index (χ0) is 19.6. The van der Waals surface area contributed by atoms with E-state index < -0.39 is 29.8 Å². The standard InChI is InChI=1S/C17H13F3N4O3/c1-10-21-16(27-23-10)11-6-7-15(26)24(8-11)9-14(25)22-13-5-3-2-4-12(13)17(18,19)20/h2-8H,9H2,1H3,(H,22,25). The number of alkyl halides is 3. The monoisotopic (exact) mass is 378 g/mol. The first-order valence-corrected chi connectivity index (χ1v) is 7.71. The number of aromatic nitrogens is 3. The molecule has 140 valence electrons. The topological polar surface area (TPSA) is 90.0 Å². The Kier molecular flexibility index (Phi) is 4.80. The lowest BCUT2D eigenvalue weighted by Gasteiger charge is -2.14. The fourth-order valence-corrected chi connectivity index (χ4v) is 2.38. The van der Waals surface area contributed by atoms with E-state index in [2.05, 4.69) is 15.5 Å². The summed E-state index contributed by atoms with van der Waals surface area (Å²) in [7, 11) is 0. The van der Waals surface area contributed by atoms with Crippen LogP contribution in [0.2, 0.25) is 0 Å². The highest BCUT2D eigenvalue weighted by molar-refractivity contribution is 5.91. The van der Waals surface area contributed by atoms with E-state index in [4.69, 9.17) is 4.52 Å². The van der Waals surface area contributed by atoms with Gasteiger partial charge in [-0.1, -0.05) is 17.3 Å². The quantitative estimate of drug-likeness (QED) is 0.754. The van der Waals surface area contributed by atoms with Gasteiger partial charge in [-0.25, -0.2) is 0 Å². The van der Waals surface area contributed by atoms with Gasteiger partial charge in [0.25, 0.3) is 11.4 Å². The second-order valence-electron chi connectivity index (χ2n) is 5.62. The van der Waals surface area contributed by atoms with Gasteiger partial charge in [-0.3, -0.25) is 9.59 Å². The summed E-state index contributed by atoms with van der Waals surface area (Å²) in [6, 6.07) is 7.24. The highest BCUT2D eigenvalue weighted by Gasteiger charge is 2.33. The van der Waals surface area contributed by atoms with E-state index in [0.29, 0.717) is 11.4 Å². The summed E-state index contributed by atoms with van der Waals surface area (Å²) in [4.78, 5) is 28.2. The van der Waals surface area contributed by atoms with E-state index in [1.807, 2.05) is 0 Å². The average Bonchev–Trinajstić information content (AvgIpc) is 3.03. The lowest BCUT2D eigenvalue weighted by atomic mass is 10.1. The molecule has 3 rings (SSSR count). The molecule has 2 heterocycles. The van der Waals surface area contributed by atoms with Crippen LogP contribution in [0.4, 0.5) is 18.9 Å². The molecular weight excluding hydrogens is 365 g/mol. The summed E-state index contributed by atoms with van der Waals surface area (Å²) in [6.07, 6.45) is -3.29. The summed E-state index contributed by atoms with van der Waals surface area (Å²) < 4.78 is 45.0. The number of hydrogen-bond donors (Lipinski definition) is 1. The number of amides is 1. The number of pyridine rings is 1. The number of aryl methyl sites for hydroxylation is 1. The van der Waals surface area contributed by atoms with E-state index in [9.17, 15) is 22.8 Å². The van der Waals surface area contributed by atoms with Gasteiger partial charge in [0.1, 0.15) is 6.54 Å². The maximum absolute atomic E-state index is 13.0. The van der Waals surface area contributed by atoms with E-state index in [0.717, 1.165) is 16.7 Å². The number of halogens is 3. The molecule has 0 saturated heterocycles. The predicted octanol–water partition coefficient (Wildman–Crippen LogP) is 2.86.